The van der Waals surface area contributed by atoms with Crippen LogP contribution in [0.1, 0.15) is 34.8 Å². The van der Waals surface area contributed by atoms with E-state index < -0.39 is 6.10 Å². The number of amides is 2. The first kappa shape index (κ1) is 23.2. The number of methoxy groups -OCH3 is 2. The molecule has 0 radical (unpaired) electrons. The second-order valence-electron chi connectivity index (χ2n) is 8.04. The van der Waals surface area contributed by atoms with Crippen LogP contribution >= 0.6 is 0 Å². The van der Waals surface area contributed by atoms with Crippen LogP contribution in [0, 0.1) is 0 Å². The van der Waals surface area contributed by atoms with Crippen LogP contribution in [0.3, 0.4) is 0 Å². The topological polar surface area (TPSA) is 77.1 Å². The highest BCUT2D eigenvalue weighted by Crippen LogP contribution is 2.31. The second kappa shape index (κ2) is 10.3. The highest BCUT2D eigenvalue weighted by molar-refractivity contribution is 6.06. The van der Waals surface area contributed by atoms with Gasteiger partial charge in [-0.15, -0.1) is 0 Å². The first-order valence-electron chi connectivity index (χ1n) is 11.2. The summed E-state index contributed by atoms with van der Waals surface area (Å²) in [4.78, 5) is 27.8. The SMILES string of the molecule is CC[C@H]1Oc2ccc(NC(=O)c3ccccc3OC)cc2CN(Cc2cccc(OC)c2)C1=O. The molecule has 34 heavy (non-hydrogen) atoms. The lowest BCUT2D eigenvalue weighted by molar-refractivity contribution is -0.139. The van der Waals surface area contributed by atoms with Gasteiger partial charge in [0.15, 0.2) is 6.10 Å². The molecule has 0 bridgehead atoms. The molecule has 0 saturated carbocycles. The molecule has 7 heteroatoms. The Morgan fingerprint density at radius 1 is 1.06 bits per heavy atom. The second-order valence-corrected chi connectivity index (χ2v) is 8.04. The first-order valence-corrected chi connectivity index (χ1v) is 11.2. The summed E-state index contributed by atoms with van der Waals surface area (Å²) in [6.45, 7) is 2.71. The summed E-state index contributed by atoms with van der Waals surface area (Å²) >= 11 is 0. The zero-order valence-corrected chi connectivity index (χ0v) is 19.5. The molecule has 0 spiro atoms. The third kappa shape index (κ3) is 4.98. The first-order chi connectivity index (χ1) is 16.5. The molecule has 0 fully saturated rings. The summed E-state index contributed by atoms with van der Waals surface area (Å²) in [5.74, 6) is 1.54. The molecule has 0 saturated heterocycles. The van der Waals surface area contributed by atoms with E-state index in [4.69, 9.17) is 14.2 Å². The highest BCUT2D eigenvalue weighted by atomic mass is 16.5. The van der Waals surface area contributed by atoms with Gasteiger partial charge in [0.2, 0.25) is 0 Å². The van der Waals surface area contributed by atoms with Crippen LogP contribution in [-0.2, 0) is 17.9 Å². The zero-order valence-electron chi connectivity index (χ0n) is 19.5. The van der Waals surface area contributed by atoms with E-state index in [9.17, 15) is 9.59 Å². The van der Waals surface area contributed by atoms with Crippen molar-refractivity contribution in [1.82, 2.24) is 4.90 Å². The van der Waals surface area contributed by atoms with Gasteiger partial charge in [0.25, 0.3) is 11.8 Å². The molecule has 1 heterocycles. The molecule has 7 nitrogen and oxygen atoms in total. The Morgan fingerprint density at radius 3 is 2.65 bits per heavy atom. The average Bonchev–Trinajstić information content (AvgIpc) is 2.99. The van der Waals surface area contributed by atoms with Gasteiger partial charge in [0.1, 0.15) is 17.2 Å². The Bertz CT molecular complexity index is 1190. The third-order valence-electron chi connectivity index (χ3n) is 5.77. The van der Waals surface area contributed by atoms with E-state index in [1.165, 1.54) is 7.11 Å². The predicted octanol–water partition coefficient (Wildman–Crippen LogP) is 4.66. The van der Waals surface area contributed by atoms with Crippen molar-refractivity contribution in [2.75, 3.05) is 19.5 Å². The lowest BCUT2D eigenvalue weighted by atomic mass is 10.1. The van der Waals surface area contributed by atoms with E-state index in [0.29, 0.717) is 42.3 Å². The molecule has 2 amide bonds. The Kier molecular flexibility index (Phi) is 7.01. The molecule has 1 aliphatic rings. The van der Waals surface area contributed by atoms with E-state index in [1.54, 1.807) is 42.3 Å². The summed E-state index contributed by atoms with van der Waals surface area (Å²) in [7, 11) is 3.15. The molecule has 1 atom stereocenters. The maximum Gasteiger partial charge on any atom is 0.264 e. The standard InChI is InChI=1S/C27H28N2O5/c1-4-23-27(31)29(16-18-8-7-9-21(14-18)32-2)17-19-15-20(12-13-24(19)34-23)28-26(30)22-10-5-6-11-25(22)33-3/h5-15,23H,4,16-17H2,1-3H3,(H,28,30)/t23-/m1/s1. The Balaban J connectivity index is 1.60. The largest absolute Gasteiger partial charge is 0.497 e. The van der Waals surface area contributed by atoms with Crippen molar-refractivity contribution in [3.63, 3.8) is 0 Å². The summed E-state index contributed by atoms with van der Waals surface area (Å²) in [6.07, 6.45) is -0.0139. The fourth-order valence-electron chi connectivity index (χ4n) is 4.00. The maximum absolute atomic E-state index is 13.2. The smallest absolute Gasteiger partial charge is 0.264 e. The van der Waals surface area contributed by atoms with Crippen LogP contribution in [-0.4, -0.2) is 37.0 Å². The minimum atomic E-state index is -0.569. The summed E-state index contributed by atoms with van der Waals surface area (Å²) in [5, 5.41) is 2.93. The van der Waals surface area contributed by atoms with Crippen molar-refractivity contribution in [2.45, 2.75) is 32.5 Å². The fraction of sp³-hybridized carbons (Fsp3) is 0.259. The van der Waals surface area contributed by atoms with Gasteiger partial charge in [-0.05, 0) is 54.4 Å². The molecule has 0 aliphatic carbocycles. The molecule has 0 unspecified atom stereocenters. The van der Waals surface area contributed by atoms with Crippen molar-refractivity contribution in [1.29, 1.82) is 0 Å². The number of hydrogen-bond acceptors (Lipinski definition) is 5. The summed E-state index contributed by atoms with van der Waals surface area (Å²) in [6, 6.07) is 20.2. The molecule has 176 valence electrons. The number of carbonyl (C=O) groups is 2. The van der Waals surface area contributed by atoms with Gasteiger partial charge in [-0.25, -0.2) is 0 Å². The zero-order chi connectivity index (χ0) is 24.1. The number of nitrogens with one attached hydrogen (secondary N) is 1. The quantitative estimate of drug-likeness (QED) is 0.555. The van der Waals surface area contributed by atoms with E-state index >= 15 is 0 Å². The lowest BCUT2D eigenvalue weighted by Gasteiger charge is -2.23. The number of anilines is 1. The Morgan fingerprint density at radius 2 is 1.88 bits per heavy atom. The number of ether oxygens (including phenoxy) is 3. The van der Waals surface area contributed by atoms with Gasteiger partial charge in [0, 0.05) is 24.3 Å². The van der Waals surface area contributed by atoms with E-state index in [-0.39, 0.29) is 11.8 Å². The molecule has 1 aliphatic heterocycles. The minimum Gasteiger partial charge on any atom is -0.497 e. The molecule has 3 aromatic carbocycles. The van der Waals surface area contributed by atoms with Crippen molar-refractivity contribution in [3.8, 4) is 17.2 Å². The Labute approximate surface area is 199 Å². The van der Waals surface area contributed by atoms with Gasteiger partial charge in [-0.3, -0.25) is 9.59 Å². The molecule has 3 aromatic rings. The third-order valence-corrected chi connectivity index (χ3v) is 5.77. The van der Waals surface area contributed by atoms with Crippen LogP contribution in [0.25, 0.3) is 0 Å². The maximum atomic E-state index is 13.2. The normalized spacial score (nSPS) is 15.1. The predicted molar refractivity (Wildman–Crippen MR) is 129 cm³/mol. The Hall–Kier alpha value is -4.00. The van der Waals surface area contributed by atoms with E-state index in [1.807, 2.05) is 43.3 Å². The molecule has 1 N–H and O–H groups in total. The van der Waals surface area contributed by atoms with Gasteiger partial charge in [-0.2, -0.15) is 0 Å². The number of benzene rings is 3. The molecule has 0 aromatic heterocycles. The number of hydrogen-bond donors (Lipinski definition) is 1. The summed E-state index contributed by atoms with van der Waals surface area (Å²) < 4.78 is 16.7. The van der Waals surface area contributed by atoms with E-state index in [0.717, 1.165) is 16.9 Å². The van der Waals surface area contributed by atoms with Crippen molar-refractivity contribution in [3.05, 3.63) is 83.4 Å². The number of rotatable bonds is 7. The minimum absolute atomic E-state index is 0.0684. The monoisotopic (exact) mass is 460 g/mol. The van der Waals surface area contributed by atoms with Crippen molar-refractivity contribution < 1.29 is 23.8 Å². The fourth-order valence-corrected chi connectivity index (χ4v) is 4.00. The van der Waals surface area contributed by atoms with Crippen LogP contribution in [0.15, 0.2) is 66.7 Å². The average molecular weight is 461 g/mol. The lowest BCUT2D eigenvalue weighted by Crippen LogP contribution is -2.38. The van der Waals surface area contributed by atoms with Crippen LogP contribution < -0.4 is 19.5 Å². The number of para-hydroxylation sites is 1. The van der Waals surface area contributed by atoms with Crippen molar-refractivity contribution >= 4 is 17.5 Å². The number of carbonyl (C=O) groups excluding carboxylic acids is 2. The van der Waals surface area contributed by atoms with Gasteiger partial charge < -0.3 is 24.4 Å². The molecular weight excluding hydrogens is 432 g/mol. The summed E-state index contributed by atoms with van der Waals surface area (Å²) in [5.41, 5.74) is 2.84. The van der Waals surface area contributed by atoms with Crippen LogP contribution in [0.4, 0.5) is 5.69 Å². The number of fused-ring (bicyclic) bond motifs is 1. The van der Waals surface area contributed by atoms with Gasteiger partial charge in [0.05, 0.1) is 19.8 Å². The van der Waals surface area contributed by atoms with Gasteiger partial charge in [-0.1, -0.05) is 31.2 Å². The highest BCUT2D eigenvalue weighted by Gasteiger charge is 2.30. The van der Waals surface area contributed by atoms with Crippen molar-refractivity contribution in [2.24, 2.45) is 0 Å². The number of nitrogens with zero attached hydrogens (tertiary/aromatic N) is 1. The molecular formula is C27H28N2O5. The van der Waals surface area contributed by atoms with E-state index in [2.05, 4.69) is 5.32 Å². The van der Waals surface area contributed by atoms with Crippen LogP contribution in [0.5, 0.6) is 17.2 Å². The van der Waals surface area contributed by atoms with Gasteiger partial charge >= 0.3 is 0 Å². The molecule has 4 rings (SSSR count). The van der Waals surface area contributed by atoms with Crippen LogP contribution in [0.2, 0.25) is 0 Å².